The van der Waals surface area contributed by atoms with Crippen LogP contribution in [-0.4, -0.2) is 49.6 Å². The van der Waals surface area contributed by atoms with Gasteiger partial charge in [0, 0.05) is 44.8 Å². The topological polar surface area (TPSA) is 15.7 Å². The zero-order valence-electron chi connectivity index (χ0n) is 16.6. The number of hydrogen-bond donors (Lipinski definition) is 0. The van der Waals surface area contributed by atoms with Gasteiger partial charge in [0.15, 0.2) is 0 Å². The van der Waals surface area contributed by atoms with E-state index in [4.69, 9.17) is 4.74 Å². The molecule has 4 rings (SSSR count). The predicted octanol–water partition coefficient (Wildman–Crippen LogP) is 4.68. The Morgan fingerprint density at radius 1 is 0.821 bits per heavy atom. The van der Waals surface area contributed by atoms with Gasteiger partial charge in [-0.25, -0.2) is 0 Å². The maximum atomic E-state index is 5.67. The van der Waals surface area contributed by atoms with Crippen LogP contribution in [-0.2, 0) is 6.54 Å². The Kier molecular flexibility index (Phi) is 6.05. The molecule has 0 unspecified atom stereocenters. The lowest BCUT2D eigenvalue weighted by Crippen LogP contribution is -2.45. The van der Waals surface area contributed by atoms with Crippen LogP contribution < -0.4 is 4.74 Å². The fraction of sp³-hybridized carbons (Fsp3) is 0.280. The van der Waals surface area contributed by atoms with E-state index in [1.54, 1.807) is 7.11 Å². The van der Waals surface area contributed by atoms with Crippen LogP contribution in [0.1, 0.15) is 11.1 Å². The van der Waals surface area contributed by atoms with Crippen molar-refractivity contribution in [3.05, 3.63) is 83.9 Å². The molecule has 0 spiro atoms. The maximum Gasteiger partial charge on any atom is 0.123 e. The van der Waals surface area contributed by atoms with Crippen molar-refractivity contribution in [2.75, 3.05) is 39.8 Å². The summed E-state index contributed by atoms with van der Waals surface area (Å²) < 4.78 is 5.67. The molecule has 0 aromatic heterocycles. The van der Waals surface area contributed by atoms with Crippen LogP contribution in [0.15, 0.2) is 72.8 Å². The number of piperazine rings is 1. The molecule has 1 fully saturated rings. The SMILES string of the molecule is COc1ccc2ccccc2c1CN1CCN(C/C=C/c2ccccc2)CC1. The molecule has 1 aliphatic rings. The molecule has 0 atom stereocenters. The van der Waals surface area contributed by atoms with E-state index in [1.165, 1.54) is 21.9 Å². The Labute approximate surface area is 167 Å². The molecule has 0 amide bonds. The van der Waals surface area contributed by atoms with Crippen LogP contribution in [0.2, 0.25) is 0 Å². The second-order valence-corrected chi connectivity index (χ2v) is 7.36. The fourth-order valence-corrected chi connectivity index (χ4v) is 3.93. The second-order valence-electron chi connectivity index (χ2n) is 7.36. The van der Waals surface area contributed by atoms with E-state index in [0.717, 1.165) is 45.0 Å². The normalized spacial score (nSPS) is 16.0. The summed E-state index contributed by atoms with van der Waals surface area (Å²) in [5.41, 5.74) is 2.57. The standard InChI is InChI=1S/C25H28N2O/c1-28-25-14-13-22-11-5-6-12-23(22)24(25)20-27-18-16-26(17-19-27)15-7-10-21-8-3-2-4-9-21/h2-14H,15-20H2,1H3/b10-7+. The van der Waals surface area contributed by atoms with Crippen molar-refractivity contribution in [3.63, 3.8) is 0 Å². The summed E-state index contributed by atoms with van der Waals surface area (Å²) in [6.07, 6.45) is 4.49. The number of benzene rings is 3. The van der Waals surface area contributed by atoms with E-state index in [9.17, 15) is 0 Å². The van der Waals surface area contributed by atoms with Crippen molar-refractivity contribution in [3.8, 4) is 5.75 Å². The van der Waals surface area contributed by atoms with Crippen molar-refractivity contribution >= 4 is 16.8 Å². The lowest BCUT2D eigenvalue weighted by molar-refractivity contribution is 0.136. The average Bonchev–Trinajstić information content (AvgIpc) is 2.76. The van der Waals surface area contributed by atoms with E-state index in [2.05, 4.69) is 88.7 Å². The lowest BCUT2D eigenvalue weighted by atomic mass is 10.0. The number of ether oxygens (including phenoxy) is 1. The summed E-state index contributed by atoms with van der Waals surface area (Å²) in [4.78, 5) is 5.07. The molecule has 1 saturated heterocycles. The summed E-state index contributed by atoms with van der Waals surface area (Å²) >= 11 is 0. The minimum Gasteiger partial charge on any atom is -0.496 e. The van der Waals surface area contributed by atoms with Gasteiger partial charge in [-0.15, -0.1) is 0 Å². The van der Waals surface area contributed by atoms with Crippen LogP contribution in [0.25, 0.3) is 16.8 Å². The van der Waals surface area contributed by atoms with Crippen LogP contribution in [0.3, 0.4) is 0 Å². The van der Waals surface area contributed by atoms with Gasteiger partial charge >= 0.3 is 0 Å². The van der Waals surface area contributed by atoms with Gasteiger partial charge in [0.2, 0.25) is 0 Å². The van der Waals surface area contributed by atoms with Crippen molar-refractivity contribution < 1.29 is 4.74 Å². The average molecular weight is 373 g/mol. The van der Waals surface area contributed by atoms with E-state index in [1.807, 2.05) is 0 Å². The van der Waals surface area contributed by atoms with Crippen LogP contribution >= 0.6 is 0 Å². The molecule has 3 nitrogen and oxygen atoms in total. The summed E-state index contributed by atoms with van der Waals surface area (Å²) in [5.74, 6) is 0.993. The van der Waals surface area contributed by atoms with Crippen LogP contribution in [0.5, 0.6) is 5.75 Å². The van der Waals surface area contributed by atoms with Gasteiger partial charge in [-0.05, 0) is 22.4 Å². The van der Waals surface area contributed by atoms with Gasteiger partial charge < -0.3 is 4.74 Å². The number of rotatable bonds is 6. The first-order valence-electron chi connectivity index (χ1n) is 10.0. The smallest absolute Gasteiger partial charge is 0.123 e. The van der Waals surface area contributed by atoms with Gasteiger partial charge in [0.05, 0.1) is 7.11 Å². The van der Waals surface area contributed by atoms with Crippen LogP contribution in [0, 0.1) is 0 Å². The highest BCUT2D eigenvalue weighted by Gasteiger charge is 2.18. The number of fused-ring (bicyclic) bond motifs is 1. The molecule has 0 N–H and O–H groups in total. The molecule has 1 aliphatic heterocycles. The second kappa shape index (κ2) is 9.05. The van der Waals surface area contributed by atoms with Gasteiger partial charge in [-0.2, -0.15) is 0 Å². The Morgan fingerprint density at radius 3 is 2.32 bits per heavy atom. The largest absolute Gasteiger partial charge is 0.496 e. The third-order valence-electron chi connectivity index (χ3n) is 5.54. The Morgan fingerprint density at radius 2 is 1.54 bits per heavy atom. The zero-order chi connectivity index (χ0) is 19.2. The molecule has 3 heteroatoms. The highest BCUT2D eigenvalue weighted by Crippen LogP contribution is 2.29. The van der Waals surface area contributed by atoms with Gasteiger partial charge in [0.1, 0.15) is 5.75 Å². The molecule has 3 aromatic carbocycles. The summed E-state index contributed by atoms with van der Waals surface area (Å²) in [6.45, 7) is 6.34. The molecule has 0 bridgehead atoms. The number of methoxy groups -OCH3 is 1. The Hall–Kier alpha value is -2.62. The zero-order valence-corrected chi connectivity index (χ0v) is 16.6. The van der Waals surface area contributed by atoms with E-state index in [0.29, 0.717) is 0 Å². The van der Waals surface area contributed by atoms with Crippen molar-refractivity contribution in [2.45, 2.75) is 6.54 Å². The van der Waals surface area contributed by atoms with Crippen molar-refractivity contribution in [1.82, 2.24) is 9.80 Å². The monoisotopic (exact) mass is 372 g/mol. The molecule has 3 aromatic rings. The summed E-state index contributed by atoms with van der Waals surface area (Å²) in [7, 11) is 1.77. The molecule has 0 saturated carbocycles. The maximum absolute atomic E-state index is 5.67. The van der Waals surface area contributed by atoms with Gasteiger partial charge in [-0.3, -0.25) is 9.80 Å². The quantitative estimate of drug-likeness (QED) is 0.625. The van der Waals surface area contributed by atoms with Gasteiger partial charge in [0.25, 0.3) is 0 Å². The third-order valence-corrected chi connectivity index (χ3v) is 5.54. The highest BCUT2D eigenvalue weighted by molar-refractivity contribution is 5.87. The van der Waals surface area contributed by atoms with Crippen molar-refractivity contribution in [1.29, 1.82) is 0 Å². The Bertz CT molecular complexity index is 928. The molecular weight excluding hydrogens is 344 g/mol. The number of nitrogens with zero attached hydrogens (tertiary/aromatic N) is 2. The minimum absolute atomic E-state index is 0.943. The summed E-state index contributed by atoms with van der Waals surface area (Å²) in [5, 5.41) is 2.58. The lowest BCUT2D eigenvalue weighted by Gasteiger charge is -2.34. The van der Waals surface area contributed by atoms with E-state index in [-0.39, 0.29) is 0 Å². The highest BCUT2D eigenvalue weighted by atomic mass is 16.5. The minimum atomic E-state index is 0.943. The Balaban J connectivity index is 1.36. The fourth-order valence-electron chi connectivity index (χ4n) is 3.93. The molecule has 28 heavy (non-hydrogen) atoms. The van der Waals surface area contributed by atoms with E-state index < -0.39 is 0 Å². The van der Waals surface area contributed by atoms with E-state index >= 15 is 0 Å². The molecule has 144 valence electrons. The first-order valence-corrected chi connectivity index (χ1v) is 10.0. The molecule has 1 heterocycles. The van der Waals surface area contributed by atoms with Crippen LogP contribution in [0.4, 0.5) is 0 Å². The van der Waals surface area contributed by atoms with Gasteiger partial charge in [-0.1, -0.05) is 72.8 Å². The molecule has 0 radical (unpaired) electrons. The summed E-state index contributed by atoms with van der Waals surface area (Å²) in [6, 6.07) is 23.4. The first-order chi connectivity index (χ1) is 13.8. The third kappa shape index (κ3) is 4.44. The first kappa shape index (κ1) is 18.7. The predicted molar refractivity (Wildman–Crippen MR) is 118 cm³/mol. The number of hydrogen-bond acceptors (Lipinski definition) is 3. The van der Waals surface area contributed by atoms with Crippen molar-refractivity contribution in [2.24, 2.45) is 0 Å². The molecule has 0 aliphatic carbocycles. The molecular formula is C25H28N2O.